The third kappa shape index (κ3) is 7.46. The van der Waals surface area contributed by atoms with Crippen LogP contribution in [0.2, 0.25) is 0 Å². The average molecular weight is 444 g/mol. The third-order valence-corrected chi connectivity index (χ3v) is 4.65. The summed E-state index contributed by atoms with van der Waals surface area (Å²) >= 11 is 0. The van der Waals surface area contributed by atoms with Crippen LogP contribution in [0.4, 0.5) is 0 Å². The van der Waals surface area contributed by atoms with Crippen molar-refractivity contribution in [2.75, 3.05) is 41.1 Å². The van der Waals surface area contributed by atoms with Gasteiger partial charge in [0.1, 0.15) is 23.7 Å². The van der Waals surface area contributed by atoms with Gasteiger partial charge >= 0.3 is 5.97 Å². The van der Waals surface area contributed by atoms with Gasteiger partial charge in [-0.3, -0.25) is 0 Å². The fourth-order valence-corrected chi connectivity index (χ4v) is 2.99. The van der Waals surface area contributed by atoms with Crippen molar-refractivity contribution in [1.29, 1.82) is 0 Å². The van der Waals surface area contributed by atoms with E-state index in [2.05, 4.69) is 21.7 Å². The largest absolute Gasteiger partial charge is 0.496 e. The molecule has 0 aliphatic rings. The van der Waals surface area contributed by atoms with Gasteiger partial charge in [0.05, 0.1) is 27.4 Å². The Bertz CT molecular complexity index is 915. The summed E-state index contributed by atoms with van der Waals surface area (Å²) in [6.45, 7) is 6.70. The van der Waals surface area contributed by atoms with Crippen LogP contribution in [0.5, 0.6) is 11.5 Å². The van der Waals surface area contributed by atoms with Gasteiger partial charge in [-0.05, 0) is 43.2 Å². The molecule has 2 aromatic rings. The lowest BCUT2D eigenvalue weighted by Gasteiger charge is -2.15. The number of carbonyl (C=O) groups excluding carboxylic acids is 1. The zero-order valence-electron chi connectivity index (χ0n) is 19.5. The molecule has 0 aliphatic heterocycles. The molecule has 0 atom stereocenters. The Morgan fingerprint density at radius 1 is 1.00 bits per heavy atom. The number of hydrogen-bond donors (Lipinski definition) is 2. The van der Waals surface area contributed by atoms with Crippen LogP contribution in [0.3, 0.4) is 0 Å². The van der Waals surface area contributed by atoms with Crippen molar-refractivity contribution in [3.63, 3.8) is 0 Å². The van der Waals surface area contributed by atoms with Gasteiger partial charge in [-0.1, -0.05) is 18.2 Å². The van der Waals surface area contributed by atoms with Crippen LogP contribution in [0.1, 0.15) is 34.0 Å². The van der Waals surface area contributed by atoms with Gasteiger partial charge < -0.3 is 29.6 Å². The van der Waals surface area contributed by atoms with E-state index in [1.807, 2.05) is 32.0 Å². The van der Waals surface area contributed by atoms with Crippen LogP contribution in [-0.2, 0) is 22.6 Å². The lowest BCUT2D eigenvalue weighted by Crippen LogP contribution is -2.36. The summed E-state index contributed by atoms with van der Waals surface area (Å²) in [5, 5.41) is 6.58. The highest BCUT2D eigenvalue weighted by molar-refractivity contribution is 5.92. The molecule has 174 valence electrons. The van der Waals surface area contributed by atoms with E-state index < -0.39 is 5.97 Å². The normalized spacial score (nSPS) is 11.1. The molecule has 8 heteroatoms. The number of aryl methyl sites for hydroxylation is 1. The first-order valence-corrected chi connectivity index (χ1v) is 10.5. The molecule has 2 N–H and O–H groups in total. The van der Waals surface area contributed by atoms with E-state index in [-0.39, 0.29) is 0 Å². The highest BCUT2D eigenvalue weighted by Gasteiger charge is 2.13. The molecule has 0 bridgehead atoms. The monoisotopic (exact) mass is 443 g/mol. The van der Waals surface area contributed by atoms with Gasteiger partial charge in [-0.15, -0.1) is 0 Å². The molecular formula is C24H33N3O5. The molecule has 32 heavy (non-hydrogen) atoms. The molecule has 0 aromatic heterocycles. The second-order valence-corrected chi connectivity index (χ2v) is 7.03. The van der Waals surface area contributed by atoms with Crippen LogP contribution < -0.4 is 20.1 Å². The van der Waals surface area contributed by atoms with Crippen molar-refractivity contribution >= 4 is 11.9 Å². The minimum Gasteiger partial charge on any atom is -0.496 e. The lowest BCUT2D eigenvalue weighted by molar-refractivity contribution is 0.0597. The first kappa shape index (κ1) is 25.0. The summed E-state index contributed by atoms with van der Waals surface area (Å²) in [7, 11) is 4.52. The Morgan fingerprint density at radius 3 is 2.50 bits per heavy atom. The van der Waals surface area contributed by atoms with Crippen LogP contribution in [-0.4, -0.2) is 53.0 Å². The first-order valence-electron chi connectivity index (χ1n) is 10.5. The van der Waals surface area contributed by atoms with Crippen molar-refractivity contribution in [3.05, 3.63) is 58.7 Å². The van der Waals surface area contributed by atoms with Crippen molar-refractivity contribution in [2.24, 2.45) is 4.99 Å². The summed E-state index contributed by atoms with van der Waals surface area (Å²) in [6, 6.07) is 11.5. The fraction of sp³-hybridized carbons (Fsp3) is 0.417. The second-order valence-electron chi connectivity index (χ2n) is 7.03. The smallest absolute Gasteiger partial charge is 0.341 e. The molecule has 0 fully saturated rings. The summed E-state index contributed by atoms with van der Waals surface area (Å²) in [4.78, 5) is 16.7. The van der Waals surface area contributed by atoms with E-state index in [0.29, 0.717) is 50.1 Å². The Kier molecular flexibility index (Phi) is 10.3. The molecule has 0 amide bonds. The first-order chi connectivity index (χ1) is 15.5. The van der Waals surface area contributed by atoms with Gasteiger partial charge in [0, 0.05) is 25.8 Å². The van der Waals surface area contributed by atoms with Gasteiger partial charge in [-0.25, -0.2) is 9.79 Å². The minimum absolute atomic E-state index is 0.373. The van der Waals surface area contributed by atoms with E-state index in [0.717, 1.165) is 22.4 Å². The van der Waals surface area contributed by atoms with E-state index in [1.54, 1.807) is 19.2 Å². The van der Waals surface area contributed by atoms with Crippen LogP contribution in [0.15, 0.2) is 41.4 Å². The number of methoxy groups -OCH3 is 3. The van der Waals surface area contributed by atoms with Crippen molar-refractivity contribution in [3.8, 4) is 11.5 Å². The van der Waals surface area contributed by atoms with Crippen LogP contribution in [0, 0.1) is 6.92 Å². The van der Waals surface area contributed by atoms with Gasteiger partial charge in [0.2, 0.25) is 0 Å². The Hall–Kier alpha value is -3.26. The molecule has 0 radical (unpaired) electrons. The van der Waals surface area contributed by atoms with Crippen molar-refractivity contribution in [1.82, 2.24) is 10.6 Å². The van der Waals surface area contributed by atoms with Gasteiger partial charge in [0.25, 0.3) is 0 Å². The molecule has 0 heterocycles. The number of aliphatic imine (C=N–C) groups is 1. The summed E-state index contributed by atoms with van der Waals surface area (Å²) in [5.41, 5.74) is 3.39. The maximum Gasteiger partial charge on any atom is 0.341 e. The van der Waals surface area contributed by atoms with Gasteiger partial charge in [-0.2, -0.15) is 0 Å². The summed E-state index contributed by atoms with van der Waals surface area (Å²) < 4.78 is 21.0. The summed E-state index contributed by atoms with van der Waals surface area (Å²) in [5.74, 6) is 1.50. The quantitative estimate of drug-likeness (QED) is 0.239. The maximum absolute atomic E-state index is 12.0. The second kappa shape index (κ2) is 13.2. The van der Waals surface area contributed by atoms with Crippen LogP contribution in [0.25, 0.3) is 0 Å². The maximum atomic E-state index is 12.0. The van der Waals surface area contributed by atoms with Crippen molar-refractivity contribution in [2.45, 2.75) is 26.9 Å². The third-order valence-electron chi connectivity index (χ3n) is 4.65. The van der Waals surface area contributed by atoms with Crippen LogP contribution >= 0.6 is 0 Å². The number of rotatable bonds is 11. The highest BCUT2D eigenvalue weighted by Crippen LogP contribution is 2.22. The Morgan fingerprint density at radius 2 is 1.81 bits per heavy atom. The number of nitrogens with zero attached hydrogens (tertiary/aromatic N) is 1. The van der Waals surface area contributed by atoms with Crippen molar-refractivity contribution < 1.29 is 23.7 Å². The van der Waals surface area contributed by atoms with E-state index in [1.165, 1.54) is 14.2 Å². The molecule has 0 spiro atoms. The lowest BCUT2D eigenvalue weighted by atomic mass is 10.1. The number of hydrogen-bond acceptors (Lipinski definition) is 6. The number of carbonyl (C=O) groups is 1. The molecule has 0 aliphatic carbocycles. The topological polar surface area (TPSA) is 90.4 Å². The molecular weight excluding hydrogens is 410 g/mol. The van der Waals surface area contributed by atoms with E-state index >= 15 is 0 Å². The zero-order valence-corrected chi connectivity index (χ0v) is 19.5. The minimum atomic E-state index is -0.446. The highest BCUT2D eigenvalue weighted by atomic mass is 16.5. The standard InChI is InChI=1S/C24H33N3O5/c1-6-25-24(26-15-18-8-10-21(30-4)20(14-18)23(28)31-5)27-16-19-9-7-17(2)13-22(19)32-12-11-29-3/h7-10,13-14H,6,11-12,15-16H2,1-5H3,(H2,25,26,27). The number of guanidine groups is 1. The van der Waals surface area contributed by atoms with Gasteiger partial charge in [0.15, 0.2) is 5.96 Å². The molecule has 2 aromatic carbocycles. The molecule has 0 saturated carbocycles. The Balaban J connectivity index is 2.12. The number of esters is 1. The zero-order chi connectivity index (χ0) is 23.3. The molecule has 8 nitrogen and oxygen atoms in total. The number of benzene rings is 2. The Labute approximate surface area is 189 Å². The predicted octanol–water partition coefficient (Wildman–Crippen LogP) is 3.07. The number of ether oxygens (including phenoxy) is 4. The number of nitrogens with one attached hydrogen (secondary N) is 2. The summed E-state index contributed by atoms with van der Waals surface area (Å²) in [6.07, 6.45) is 0. The molecule has 2 rings (SSSR count). The average Bonchev–Trinajstić information content (AvgIpc) is 2.81. The fourth-order valence-electron chi connectivity index (χ4n) is 2.99. The van der Waals surface area contributed by atoms with E-state index in [9.17, 15) is 4.79 Å². The molecule has 0 saturated heterocycles. The van der Waals surface area contributed by atoms with E-state index in [4.69, 9.17) is 18.9 Å². The molecule has 0 unspecified atom stereocenters. The predicted molar refractivity (Wildman–Crippen MR) is 125 cm³/mol. The SMILES string of the molecule is CCNC(=NCc1ccc(OC)c(C(=O)OC)c1)NCc1ccc(C)cc1OCCOC.